The largest absolute Gasteiger partial charge is 0.342 e. The average Bonchev–Trinajstić information content (AvgIpc) is 3.30. The minimum absolute atomic E-state index is 0.0138. The predicted molar refractivity (Wildman–Crippen MR) is 80.9 cm³/mol. The van der Waals surface area contributed by atoms with Crippen LogP contribution in [0.4, 0.5) is 0 Å². The van der Waals surface area contributed by atoms with Crippen molar-refractivity contribution in [1.82, 2.24) is 15.3 Å². The molecule has 2 aromatic rings. The first-order valence-corrected chi connectivity index (χ1v) is 7.31. The van der Waals surface area contributed by atoms with E-state index in [2.05, 4.69) is 15.3 Å². The molecule has 21 heavy (non-hydrogen) atoms. The molecule has 0 saturated heterocycles. The zero-order valence-electron chi connectivity index (χ0n) is 12.3. The summed E-state index contributed by atoms with van der Waals surface area (Å²) in [5.74, 6) is 0.377. The molecule has 2 aromatic heterocycles. The Morgan fingerprint density at radius 3 is 2.43 bits per heavy atom. The molecule has 1 unspecified atom stereocenters. The number of carbonyl (C=O) groups is 1. The van der Waals surface area contributed by atoms with Gasteiger partial charge in [-0.3, -0.25) is 14.8 Å². The fourth-order valence-electron chi connectivity index (χ4n) is 2.60. The number of aryl methyl sites for hydroxylation is 2. The van der Waals surface area contributed by atoms with Crippen molar-refractivity contribution in [2.24, 2.45) is 5.92 Å². The van der Waals surface area contributed by atoms with Crippen LogP contribution in [0.2, 0.25) is 0 Å². The first kappa shape index (κ1) is 13.7. The molecule has 1 aliphatic rings. The standard InChI is InChI=1S/C17H19N3O/c1-11-5-3-9-18-14(11)16(13-7-8-13)20-17(21)15-12(2)6-4-10-19-15/h3-6,9-10,13,16H,7-8H2,1-2H3,(H,20,21). The highest BCUT2D eigenvalue weighted by Gasteiger charge is 2.35. The van der Waals surface area contributed by atoms with Crippen LogP contribution in [0.25, 0.3) is 0 Å². The Labute approximate surface area is 124 Å². The molecule has 0 bridgehead atoms. The number of hydrogen-bond acceptors (Lipinski definition) is 3. The molecule has 1 atom stereocenters. The Bertz CT molecular complexity index is 665. The maximum atomic E-state index is 12.5. The third-order valence-electron chi connectivity index (χ3n) is 3.95. The fraction of sp³-hybridized carbons (Fsp3) is 0.353. The molecule has 1 fully saturated rings. The van der Waals surface area contributed by atoms with Crippen molar-refractivity contribution in [3.05, 3.63) is 59.2 Å². The Kier molecular flexibility index (Phi) is 3.69. The second kappa shape index (κ2) is 5.64. The molecule has 4 heteroatoms. The van der Waals surface area contributed by atoms with E-state index >= 15 is 0 Å². The molecular formula is C17H19N3O. The highest BCUT2D eigenvalue weighted by molar-refractivity contribution is 5.93. The van der Waals surface area contributed by atoms with Gasteiger partial charge < -0.3 is 5.32 Å². The lowest BCUT2D eigenvalue weighted by atomic mass is 10.0. The maximum Gasteiger partial charge on any atom is 0.270 e. The summed E-state index contributed by atoms with van der Waals surface area (Å²) in [6.07, 6.45) is 5.72. The number of hydrogen-bond donors (Lipinski definition) is 1. The van der Waals surface area contributed by atoms with E-state index in [-0.39, 0.29) is 11.9 Å². The van der Waals surface area contributed by atoms with Crippen molar-refractivity contribution in [2.45, 2.75) is 32.7 Å². The summed E-state index contributed by atoms with van der Waals surface area (Å²) in [6, 6.07) is 7.69. The van der Waals surface area contributed by atoms with Crippen LogP contribution in [0.15, 0.2) is 36.7 Å². The Morgan fingerprint density at radius 2 is 1.81 bits per heavy atom. The van der Waals surface area contributed by atoms with Gasteiger partial charge in [0.15, 0.2) is 0 Å². The Morgan fingerprint density at radius 1 is 1.14 bits per heavy atom. The zero-order chi connectivity index (χ0) is 14.8. The van der Waals surface area contributed by atoms with E-state index in [1.165, 1.54) is 0 Å². The smallest absolute Gasteiger partial charge is 0.270 e. The number of amides is 1. The second-order valence-corrected chi connectivity index (χ2v) is 5.66. The summed E-state index contributed by atoms with van der Waals surface area (Å²) >= 11 is 0. The lowest BCUT2D eigenvalue weighted by Crippen LogP contribution is -2.32. The van der Waals surface area contributed by atoms with E-state index in [1.54, 1.807) is 12.4 Å². The Hall–Kier alpha value is -2.23. The molecule has 1 saturated carbocycles. The van der Waals surface area contributed by atoms with Crippen molar-refractivity contribution in [3.63, 3.8) is 0 Å². The van der Waals surface area contributed by atoms with E-state index in [0.717, 1.165) is 29.7 Å². The monoisotopic (exact) mass is 281 g/mol. The van der Waals surface area contributed by atoms with Gasteiger partial charge in [0.25, 0.3) is 5.91 Å². The van der Waals surface area contributed by atoms with Gasteiger partial charge in [0.2, 0.25) is 0 Å². The number of nitrogens with one attached hydrogen (secondary N) is 1. The number of carbonyl (C=O) groups excluding carboxylic acids is 1. The second-order valence-electron chi connectivity index (χ2n) is 5.66. The summed E-state index contributed by atoms with van der Waals surface area (Å²) in [6.45, 7) is 3.94. The van der Waals surface area contributed by atoms with Gasteiger partial charge in [-0.1, -0.05) is 12.1 Å². The zero-order valence-corrected chi connectivity index (χ0v) is 12.3. The van der Waals surface area contributed by atoms with Crippen LogP contribution < -0.4 is 5.32 Å². The van der Waals surface area contributed by atoms with E-state index in [0.29, 0.717) is 11.6 Å². The van der Waals surface area contributed by atoms with Gasteiger partial charge in [-0.2, -0.15) is 0 Å². The van der Waals surface area contributed by atoms with Crippen molar-refractivity contribution in [2.75, 3.05) is 0 Å². The minimum Gasteiger partial charge on any atom is -0.342 e. The number of aromatic nitrogens is 2. The number of pyridine rings is 2. The number of rotatable bonds is 4. The highest BCUT2D eigenvalue weighted by Crippen LogP contribution is 2.41. The third-order valence-corrected chi connectivity index (χ3v) is 3.95. The molecule has 0 spiro atoms. The van der Waals surface area contributed by atoms with E-state index in [9.17, 15) is 4.79 Å². The summed E-state index contributed by atoms with van der Waals surface area (Å²) in [5, 5.41) is 3.13. The van der Waals surface area contributed by atoms with Crippen LogP contribution in [-0.4, -0.2) is 15.9 Å². The van der Waals surface area contributed by atoms with Gasteiger partial charge in [-0.15, -0.1) is 0 Å². The molecule has 108 valence electrons. The number of nitrogens with zero attached hydrogens (tertiary/aromatic N) is 2. The molecule has 1 aliphatic carbocycles. The van der Waals surface area contributed by atoms with E-state index in [1.807, 2.05) is 38.1 Å². The van der Waals surface area contributed by atoms with Crippen LogP contribution >= 0.6 is 0 Å². The molecule has 0 aliphatic heterocycles. The summed E-state index contributed by atoms with van der Waals surface area (Å²) < 4.78 is 0. The van der Waals surface area contributed by atoms with Crippen molar-refractivity contribution in [1.29, 1.82) is 0 Å². The molecule has 0 aromatic carbocycles. The van der Waals surface area contributed by atoms with E-state index in [4.69, 9.17) is 0 Å². The van der Waals surface area contributed by atoms with Crippen LogP contribution in [0.5, 0.6) is 0 Å². The van der Waals surface area contributed by atoms with Crippen molar-refractivity contribution in [3.8, 4) is 0 Å². The normalized spacial score (nSPS) is 15.5. The topological polar surface area (TPSA) is 54.9 Å². The SMILES string of the molecule is Cc1cccnc1C(=O)NC(c1ncccc1C)C1CC1. The fourth-order valence-corrected chi connectivity index (χ4v) is 2.60. The van der Waals surface area contributed by atoms with Gasteiger partial charge in [-0.25, -0.2) is 0 Å². The minimum atomic E-state index is -0.116. The summed E-state index contributed by atoms with van der Waals surface area (Å²) in [5.41, 5.74) is 3.48. The first-order chi connectivity index (χ1) is 10.2. The highest BCUT2D eigenvalue weighted by atomic mass is 16.2. The molecule has 2 heterocycles. The quantitative estimate of drug-likeness (QED) is 0.937. The van der Waals surface area contributed by atoms with Gasteiger partial charge in [-0.05, 0) is 55.9 Å². The van der Waals surface area contributed by atoms with Crippen LogP contribution in [0.1, 0.15) is 46.2 Å². The summed E-state index contributed by atoms with van der Waals surface area (Å²) in [7, 11) is 0. The van der Waals surface area contributed by atoms with Crippen LogP contribution in [0.3, 0.4) is 0 Å². The van der Waals surface area contributed by atoms with Gasteiger partial charge in [0, 0.05) is 12.4 Å². The predicted octanol–water partition coefficient (Wildman–Crippen LogP) is 2.97. The average molecular weight is 281 g/mol. The lowest BCUT2D eigenvalue weighted by Gasteiger charge is -2.19. The third kappa shape index (κ3) is 2.94. The Balaban J connectivity index is 1.85. The van der Waals surface area contributed by atoms with Crippen molar-refractivity contribution >= 4 is 5.91 Å². The molecule has 4 nitrogen and oxygen atoms in total. The molecular weight excluding hydrogens is 262 g/mol. The lowest BCUT2D eigenvalue weighted by molar-refractivity contribution is 0.0925. The van der Waals surface area contributed by atoms with Gasteiger partial charge >= 0.3 is 0 Å². The van der Waals surface area contributed by atoms with Gasteiger partial charge in [0.05, 0.1) is 11.7 Å². The van der Waals surface area contributed by atoms with E-state index < -0.39 is 0 Å². The van der Waals surface area contributed by atoms with Crippen LogP contribution in [0, 0.1) is 19.8 Å². The molecule has 3 rings (SSSR count). The first-order valence-electron chi connectivity index (χ1n) is 7.31. The van der Waals surface area contributed by atoms with Crippen molar-refractivity contribution < 1.29 is 4.79 Å². The van der Waals surface area contributed by atoms with Crippen LogP contribution in [-0.2, 0) is 0 Å². The van der Waals surface area contributed by atoms with Gasteiger partial charge in [0.1, 0.15) is 5.69 Å². The molecule has 0 radical (unpaired) electrons. The summed E-state index contributed by atoms with van der Waals surface area (Å²) in [4.78, 5) is 21.2. The molecule has 1 N–H and O–H groups in total. The molecule has 1 amide bonds. The maximum absolute atomic E-state index is 12.5.